The lowest BCUT2D eigenvalue weighted by Gasteiger charge is -2.42. The molecule has 2 aliphatic rings. The number of likely N-dealkylation sites (tertiary alicyclic amines) is 1. The molecule has 0 N–H and O–H groups in total. The summed E-state index contributed by atoms with van der Waals surface area (Å²) in [4.78, 5) is 5.14. The van der Waals surface area contributed by atoms with Crippen molar-refractivity contribution in [2.45, 2.75) is 37.1 Å². The van der Waals surface area contributed by atoms with Gasteiger partial charge in [0.2, 0.25) is 10.0 Å². The fourth-order valence-corrected chi connectivity index (χ4v) is 5.31. The lowest BCUT2D eigenvalue weighted by molar-refractivity contribution is 0.0811. The molecule has 1 aromatic rings. The molecule has 5 nitrogen and oxygen atoms in total. The summed E-state index contributed by atoms with van der Waals surface area (Å²) in [5.74, 6) is -0.418. The number of piperazine rings is 1. The molecule has 2 aliphatic heterocycles. The van der Waals surface area contributed by atoms with Crippen molar-refractivity contribution in [1.82, 2.24) is 14.1 Å². The summed E-state index contributed by atoms with van der Waals surface area (Å²) in [5, 5.41) is 0. The van der Waals surface area contributed by atoms with E-state index in [2.05, 4.69) is 16.7 Å². The first-order chi connectivity index (χ1) is 12.0. The predicted octanol–water partition coefficient (Wildman–Crippen LogP) is 2.01. The number of hydrogen-bond donors (Lipinski definition) is 0. The van der Waals surface area contributed by atoms with Crippen molar-refractivity contribution < 1.29 is 12.8 Å². The maximum absolute atomic E-state index is 13.0. The van der Waals surface area contributed by atoms with Crippen LogP contribution in [-0.4, -0.2) is 74.4 Å². The van der Waals surface area contributed by atoms with Crippen LogP contribution < -0.4 is 0 Å². The van der Waals surface area contributed by atoms with Gasteiger partial charge in [-0.3, -0.25) is 4.90 Å². The van der Waals surface area contributed by atoms with Crippen molar-refractivity contribution in [3.8, 4) is 0 Å². The van der Waals surface area contributed by atoms with Crippen molar-refractivity contribution in [3.05, 3.63) is 30.1 Å². The molecule has 0 saturated carbocycles. The summed E-state index contributed by atoms with van der Waals surface area (Å²) >= 11 is 0. The maximum Gasteiger partial charge on any atom is 0.243 e. The Labute approximate surface area is 150 Å². The molecular weight excluding hydrogens is 341 g/mol. The first-order valence-electron chi connectivity index (χ1n) is 9.23. The average Bonchev–Trinajstić information content (AvgIpc) is 2.63. The van der Waals surface area contributed by atoms with Crippen LogP contribution >= 0.6 is 0 Å². The molecule has 2 fully saturated rings. The van der Waals surface area contributed by atoms with Crippen molar-refractivity contribution in [2.24, 2.45) is 0 Å². The van der Waals surface area contributed by atoms with E-state index in [-0.39, 0.29) is 4.90 Å². The molecule has 3 rings (SSSR count). The fourth-order valence-electron chi connectivity index (χ4n) is 3.89. The van der Waals surface area contributed by atoms with Gasteiger partial charge in [0, 0.05) is 32.2 Å². The van der Waals surface area contributed by atoms with E-state index in [9.17, 15) is 12.8 Å². The summed E-state index contributed by atoms with van der Waals surface area (Å²) in [6, 6.07) is 5.67. The molecule has 25 heavy (non-hydrogen) atoms. The lowest BCUT2D eigenvalue weighted by Crippen LogP contribution is -2.54. The van der Waals surface area contributed by atoms with Gasteiger partial charge in [-0.05, 0) is 63.2 Å². The van der Waals surface area contributed by atoms with Gasteiger partial charge in [-0.1, -0.05) is 6.92 Å². The molecule has 0 bridgehead atoms. The minimum absolute atomic E-state index is 0.176. The molecule has 7 heteroatoms. The Kier molecular flexibility index (Phi) is 6.09. The normalized spacial score (nSPS) is 22.3. The Morgan fingerprint density at radius 1 is 1.00 bits per heavy atom. The van der Waals surface area contributed by atoms with Gasteiger partial charge in [0.1, 0.15) is 5.82 Å². The second-order valence-electron chi connectivity index (χ2n) is 6.97. The summed E-state index contributed by atoms with van der Waals surface area (Å²) in [5.41, 5.74) is 0. The van der Waals surface area contributed by atoms with Crippen molar-refractivity contribution in [1.29, 1.82) is 0 Å². The van der Waals surface area contributed by atoms with Crippen molar-refractivity contribution in [3.63, 3.8) is 0 Å². The Hall–Kier alpha value is -1.02. The zero-order chi connectivity index (χ0) is 17.9. The molecule has 0 unspecified atom stereocenters. The van der Waals surface area contributed by atoms with Crippen LogP contribution in [0.15, 0.2) is 29.2 Å². The van der Waals surface area contributed by atoms with E-state index in [1.165, 1.54) is 54.4 Å². The zero-order valence-corrected chi connectivity index (χ0v) is 15.7. The van der Waals surface area contributed by atoms with E-state index in [4.69, 9.17) is 0 Å². The van der Waals surface area contributed by atoms with Crippen LogP contribution in [0.1, 0.15) is 26.2 Å². The quantitative estimate of drug-likeness (QED) is 0.796. The Morgan fingerprint density at radius 2 is 1.60 bits per heavy atom. The van der Waals surface area contributed by atoms with E-state index < -0.39 is 15.8 Å². The number of nitrogens with zero attached hydrogens (tertiary/aromatic N) is 3. The highest BCUT2D eigenvalue weighted by Gasteiger charge is 2.32. The number of hydrogen-bond acceptors (Lipinski definition) is 4. The second kappa shape index (κ2) is 8.12. The first kappa shape index (κ1) is 18.8. The summed E-state index contributed by atoms with van der Waals surface area (Å²) in [7, 11) is -3.52. The predicted molar refractivity (Wildman–Crippen MR) is 96.5 cm³/mol. The van der Waals surface area contributed by atoms with Crippen LogP contribution in [0.3, 0.4) is 0 Å². The monoisotopic (exact) mass is 369 g/mol. The lowest BCUT2D eigenvalue weighted by atomic mass is 10.0. The van der Waals surface area contributed by atoms with Gasteiger partial charge in [-0.15, -0.1) is 0 Å². The summed E-state index contributed by atoms with van der Waals surface area (Å²) in [6.45, 7) is 8.25. The molecule has 0 amide bonds. The highest BCUT2D eigenvalue weighted by molar-refractivity contribution is 7.89. The Bertz CT molecular complexity index is 649. The number of piperidine rings is 1. The van der Waals surface area contributed by atoms with E-state index in [0.29, 0.717) is 19.1 Å². The highest BCUT2D eigenvalue weighted by Crippen LogP contribution is 2.22. The van der Waals surface area contributed by atoms with Gasteiger partial charge in [-0.2, -0.15) is 4.31 Å². The van der Waals surface area contributed by atoms with Crippen LogP contribution in [-0.2, 0) is 10.0 Å². The molecule has 0 aromatic heterocycles. The molecule has 0 spiro atoms. The van der Waals surface area contributed by atoms with Gasteiger partial charge in [-0.25, -0.2) is 12.8 Å². The molecule has 2 saturated heterocycles. The summed E-state index contributed by atoms with van der Waals surface area (Å²) in [6.07, 6.45) is 3.54. The topological polar surface area (TPSA) is 43.9 Å². The van der Waals surface area contributed by atoms with Gasteiger partial charge in [0.25, 0.3) is 0 Å². The largest absolute Gasteiger partial charge is 0.303 e. The molecule has 140 valence electrons. The average molecular weight is 370 g/mol. The Balaban J connectivity index is 1.54. The van der Waals surface area contributed by atoms with Crippen LogP contribution in [0.25, 0.3) is 0 Å². The third-order valence-electron chi connectivity index (χ3n) is 5.34. The van der Waals surface area contributed by atoms with Gasteiger partial charge < -0.3 is 4.90 Å². The maximum atomic E-state index is 13.0. The molecule has 2 heterocycles. The van der Waals surface area contributed by atoms with Crippen molar-refractivity contribution in [2.75, 3.05) is 45.8 Å². The number of halogens is 1. The number of sulfonamides is 1. The van der Waals surface area contributed by atoms with Crippen LogP contribution in [0.4, 0.5) is 4.39 Å². The third kappa shape index (κ3) is 4.39. The van der Waals surface area contributed by atoms with Crippen LogP contribution in [0.2, 0.25) is 0 Å². The van der Waals surface area contributed by atoms with E-state index in [1.54, 1.807) is 0 Å². The SMILES string of the molecule is CCCN1CCC(N2CCN(S(=O)(=O)c3ccc(F)cc3)CC2)CC1. The van der Waals surface area contributed by atoms with E-state index in [0.717, 1.165) is 26.2 Å². The Morgan fingerprint density at radius 3 is 2.16 bits per heavy atom. The molecule has 1 aromatic carbocycles. The minimum atomic E-state index is -3.52. The van der Waals surface area contributed by atoms with Crippen LogP contribution in [0, 0.1) is 5.82 Å². The van der Waals surface area contributed by atoms with E-state index >= 15 is 0 Å². The second-order valence-corrected chi connectivity index (χ2v) is 8.90. The van der Waals surface area contributed by atoms with Gasteiger partial charge >= 0.3 is 0 Å². The van der Waals surface area contributed by atoms with Crippen molar-refractivity contribution >= 4 is 10.0 Å². The minimum Gasteiger partial charge on any atom is -0.303 e. The van der Waals surface area contributed by atoms with E-state index in [1.807, 2.05) is 0 Å². The molecule has 0 atom stereocenters. The van der Waals surface area contributed by atoms with Gasteiger partial charge in [0.15, 0.2) is 0 Å². The fraction of sp³-hybridized carbons (Fsp3) is 0.667. The standard InChI is InChI=1S/C18H28FN3O2S/c1-2-9-20-10-7-17(8-11-20)21-12-14-22(15-13-21)25(23,24)18-5-3-16(19)4-6-18/h3-6,17H,2,7-15H2,1H3. The number of benzene rings is 1. The van der Waals surface area contributed by atoms with Gasteiger partial charge in [0.05, 0.1) is 4.90 Å². The third-order valence-corrected chi connectivity index (χ3v) is 7.25. The highest BCUT2D eigenvalue weighted by atomic mass is 32.2. The smallest absolute Gasteiger partial charge is 0.243 e. The molecule has 0 aliphatic carbocycles. The molecule has 0 radical (unpaired) electrons. The zero-order valence-electron chi connectivity index (χ0n) is 14.9. The summed E-state index contributed by atoms with van der Waals surface area (Å²) < 4.78 is 39.9. The number of rotatable bonds is 5. The van der Waals surface area contributed by atoms with Crippen LogP contribution in [0.5, 0.6) is 0 Å². The first-order valence-corrected chi connectivity index (χ1v) is 10.7. The molecular formula is C18H28FN3O2S.